The van der Waals surface area contributed by atoms with Gasteiger partial charge in [0.15, 0.2) is 0 Å². The molecule has 0 saturated carbocycles. The van der Waals surface area contributed by atoms with Crippen LogP contribution in [0.4, 0.5) is 10.1 Å². The number of anilines is 1. The summed E-state index contributed by atoms with van der Waals surface area (Å²) in [6, 6.07) is 18.8. The van der Waals surface area contributed by atoms with Crippen molar-refractivity contribution in [3.05, 3.63) is 99.2 Å². The molecule has 0 aromatic heterocycles. The molecule has 3 aromatic carbocycles. The summed E-state index contributed by atoms with van der Waals surface area (Å²) in [6.07, 6.45) is 1.55. The minimum absolute atomic E-state index is 0.255. The Bertz CT molecular complexity index is 1210. The van der Waals surface area contributed by atoms with Crippen LogP contribution in [0.5, 0.6) is 0 Å². The number of thioether (sulfide) groups is 1. The molecule has 0 unspecified atom stereocenters. The highest BCUT2D eigenvalue weighted by Crippen LogP contribution is 2.42. The van der Waals surface area contributed by atoms with Crippen LogP contribution in [0.25, 0.3) is 6.08 Å². The van der Waals surface area contributed by atoms with Crippen LogP contribution >= 0.6 is 23.4 Å². The number of rotatable bonds is 4. The van der Waals surface area contributed by atoms with Crippen LogP contribution < -0.4 is 10.2 Å². The summed E-state index contributed by atoms with van der Waals surface area (Å²) in [4.78, 5) is 28.2. The van der Waals surface area contributed by atoms with Gasteiger partial charge in [-0.25, -0.2) is 4.39 Å². The van der Waals surface area contributed by atoms with Crippen molar-refractivity contribution in [1.29, 1.82) is 0 Å². The zero-order valence-corrected chi connectivity index (χ0v) is 18.1. The second-order valence-electron chi connectivity index (χ2n) is 6.95. The lowest BCUT2D eigenvalue weighted by atomic mass is 10.1. The third-order valence-corrected chi connectivity index (χ3v) is 6.35. The van der Waals surface area contributed by atoms with Gasteiger partial charge in [0.25, 0.3) is 11.8 Å². The van der Waals surface area contributed by atoms with Crippen molar-refractivity contribution >= 4 is 46.9 Å². The second-order valence-corrected chi connectivity index (χ2v) is 8.44. The molecule has 3 aromatic rings. The van der Waals surface area contributed by atoms with Crippen molar-refractivity contribution in [2.45, 2.75) is 11.4 Å². The second kappa shape index (κ2) is 8.96. The van der Waals surface area contributed by atoms with Crippen molar-refractivity contribution < 1.29 is 14.0 Å². The number of hydrogen-bond donors (Lipinski definition) is 1. The summed E-state index contributed by atoms with van der Waals surface area (Å²) < 4.78 is 14.0. The Balaban J connectivity index is 1.55. The number of carbonyl (C=O) groups is 2. The van der Waals surface area contributed by atoms with Crippen molar-refractivity contribution in [1.82, 2.24) is 5.32 Å². The van der Waals surface area contributed by atoms with Crippen LogP contribution in [-0.2, 0) is 11.3 Å². The Morgan fingerprint density at radius 1 is 1.13 bits per heavy atom. The lowest BCUT2D eigenvalue weighted by Crippen LogP contribution is -2.31. The average Bonchev–Trinajstić information content (AvgIpc) is 2.78. The van der Waals surface area contributed by atoms with Gasteiger partial charge in [0.05, 0.1) is 10.6 Å². The number of benzene rings is 3. The van der Waals surface area contributed by atoms with E-state index < -0.39 is 0 Å². The standard InChI is InChI=1S/C24H18ClFN2O2S/c1-28-20-12-16(23(29)27-14-17-7-2-4-8-18(17)25)10-11-21(20)31-22(24(28)30)13-15-6-3-5-9-19(15)26/h2-13H,14H2,1H3,(H,27,29). The first-order chi connectivity index (χ1) is 14.9. The SMILES string of the molecule is CN1C(=O)C(=Cc2ccccc2F)Sc2ccc(C(=O)NCc3ccccc3Cl)cc21. The van der Waals surface area contributed by atoms with Gasteiger partial charge in [-0.15, -0.1) is 0 Å². The van der Waals surface area contributed by atoms with Crippen LogP contribution in [0.3, 0.4) is 0 Å². The molecule has 2 amide bonds. The van der Waals surface area contributed by atoms with Gasteiger partial charge in [0.1, 0.15) is 5.82 Å². The molecule has 0 aliphatic carbocycles. The maximum absolute atomic E-state index is 14.0. The van der Waals surface area contributed by atoms with Crippen LogP contribution in [0.15, 0.2) is 76.5 Å². The molecule has 1 aliphatic rings. The van der Waals surface area contributed by atoms with E-state index >= 15 is 0 Å². The number of hydrogen-bond acceptors (Lipinski definition) is 3. The molecule has 0 atom stereocenters. The van der Waals surface area contributed by atoms with E-state index in [1.54, 1.807) is 55.6 Å². The van der Waals surface area contributed by atoms with Gasteiger partial charge in [-0.05, 0) is 42.0 Å². The van der Waals surface area contributed by atoms with E-state index in [0.29, 0.717) is 33.3 Å². The van der Waals surface area contributed by atoms with Crippen LogP contribution in [0, 0.1) is 5.82 Å². The van der Waals surface area contributed by atoms with Gasteiger partial charge < -0.3 is 10.2 Å². The number of amides is 2. The fraction of sp³-hybridized carbons (Fsp3) is 0.0833. The molecule has 4 nitrogen and oxygen atoms in total. The number of nitrogens with zero attached hydrogens (tertiary/aromatic N) is 1. The molecular formula is C24H18ClFN2O2S. The predicted molar refractivity (Wildman–Crippen MR) is 123 cm³/mol. The third-order valence-electron chi connectivity index (χ3n) is 4.91. The molecule has 1 N–H and O–H groups in total. The first kappa shape index (κ1) is 21.2. The number of likely N-dealkylation sites (N-methyl/N-ethyl adjacent to an activating group) is 1. The van der Waals surface area contributed by atoms with Crippen molar-refractivity contribution in [3.8, 4) is 0 Å². The summed E-state index contributed by atoms with van der Waals surface area (Å²) in [5.41, 5.74) is 2.24. The average molecular weight is 453 g/mol. The molecule has 0 saturated heterocycles. The quantitative estimate of drug-likeness (QED) is 0.530. The molecular weight excluding hydrogens is 435 g/mol. The Labute approximate surface area is 188 Å². The van der Waals surface area contributed by atoms with Gasteiger partial charge >= 0.3 is 0 Å². The lowest BCUT2D eigenvalue weighted by Gasteiger charge is -2.27. The largest absolute Gasteiger partial charge is 0.348 e. The van der Waals surface area contributed by atoms with Gasteiger partial charge in [-0.1, -0.05) is 59.8 Å². The maximum Gasteiger partial charge on any atom is 0.264 e. The van der Waals surface area contributed by atoms with E-state index in [1.165, 1.54) is 22.7 Å². The Morgan fingerprint density at radius 2 is 1.87 bits per heavy atom. The topological polar surface area (TPSA) is 49.4 Å². The Hall–Kier alpha value is -3.09. The monoisotopic (exact) mass is 452 g/mol. The van der Waals surface area contributed by atoms with E-state index in [4.69, 9.17) is 11.6 Å². The van der Waals surface area contributed by atoms with E-state index in [2.05, 4.69) is 5.32 Å². The molecule has 1 aliphatic heterocycles. The number of carbonyl (C=O) groups excluding carboxylic acids is 2. The van der Waals surface area contributed by atoms with Gasteiger partial charge in [0.2, 0.25) is 0 Å². The lowest BCUT2D eigenvalue weighted by molar-refractivity contribution is -0.114. The Morgan fingerprint density at radius 3 is 2.65 bits per heavy atom. The fourth-order valence-electron chi connectivity index (χ4n) is 3.19. The molecule has 4 rings (SSSR count). The van der Waals surface area contributed by atoms with E-state index in [-0.39, 0.29) is 17.6 Å². The number of nitrogens with one attached hydrogen (secondary N) is 1. The smallest absolute Gasteiger partial charge is 0.264 e. The summed E-state index contributed by atoms with van der Waals surface area (Å²) in [5, 5.41) is 3.44. The van der Waals surface area contributed by atoms with E-state index in [9.17, 15) is 14.0 Å². The molecule has 31 heavy (non-hydrogen) atoms. The normalized spacial score (nSPS) is 14.5. The van der Waals surface area contributed by atoms with Crippen molar-refractivity contribution in [2.24, 2.45) is 0 Å². The summed E-state index contributed by atoms with van der Waals surface area (Å²) in [7, 11) is 1.64. The first-order valence-electron chi connectivity index (χ1n) is 9.52. The van der Waals surface area contributed by atoms with Gasteiger partial charge in [-0.3, -0.25) is 9.59 Å². The van der Waals surface area contributed by atoms with Gasteiger partial charge in [0, 0.05) is 34.6 Å². The summed E-state index contributed by atoms with van der Waals surface area (Å²) >= 11 is 7.40. The third kappa shape index (κ3) is 4.50. The molecule has 0 fully saturated rings. The molecule has 0 radical (unpaired) electrons. The van der Waals surface area contributed by atoms with Crippen molar-refractivity contribution in [3.63, 3.8) is 0 Å². The van der Waals surface area contributed by atoms with E-state index in [1.807, 2.05) is 18.2 Å². The summed E-state index contributed by atoms with van der Waals surface area (Å²) in [5.74, 6) is -0.905. The van der Waals surface area contributed by atoms with Crippen LogP contribution in [-0.4, -0.2) is 18.9 Å². The minimum Gasteiger partial charge on any atom is -0.348 e. The number of halogens is 2. The zero-order valence-electron chi connectivity index (χ0n) is 16.6. The minimum atomic E-state index is -0.387. The maximum atomic E-state index is 14.0. The fourth-order valence-corrected chi connectivity index (χ4v) is 4.47. The van der Waals surface area contributed by atoms with Crippen LogP contribution in [0.2, 0.25) is 5.02 Å². The molecule has 0 bridgehead atoms. The van der Waals surface area contributed by atoms with E-state index in [0.717, 1.165) is 10.5 Å². The highest BCUT2D eigenvalue weighted by molar-refractivity contribution is 8.04. The Kier molecular flexibility index (Phi) is 6.11. The molecule has 156 valence electrons. The molecule has 7 heteroatoms. The molecule has 1 heterocycles. The highest BCUT2D eigenvalue weighted by Gasteiger charge is 2.27. The van der Waals surface area contributed by atoms with Crippen molar-refractivity contribution in [2.75, 3.05) is 11.9 Å². The highest BCUT2D eigenvalue weighted by atomic mass is 35.5. The molecule has 0 spiro atoms. The number of fused-ring (bicyclic) bond motifs is 1. The van der Waals surface area contributed by atoms with Crippen LogP contribution in [0.1, 0.15) is 21.5 Å². The summed E-state index contributed by atoms with van der Waals surface area (Å²) in [6.45, 7) is 0.300. The first-order valence-corrected chi connectivity index (χ1v) is 10.7. The van der Waals surface area contributed by atoms with Gasteiger partial charge in [-0.2, -0.15) is 0 Å². The zero-order chi connectivity index (χ0) is 22.0. The predicted octanol–water partition coefficient (Wildman–Crippen LogP) is 5.52.